The van der Waals surface area contributed by atoms with Crippen molar-refractivity contribution in [2.45, 2.75) is 19.5 Å². The Morgan fingerprint density at radius 2 is 2.05 bits per heavy atom. The zero-order valence-corrected chi connectivity index (χ0v) is 11.6. The molecule has 1 unspecified atom stereocenters. The van der Waals surface area contributed by atoms with Crippen molar-refractivity contribution in [3.05, 3.63) is 40.5 Å². The molecule has 0 fully saturated rings. The lowest BCUT2D eigenvalue weighted by Crippen LogP contribution is -2.22. The molecule has 0 bridgehead atoms. The topological polar surface area (TPSA) is 91.4 Å². The molecular formula is C14H12ClN5. The molecule has 0 saturated heterocycles. The summed E-state index contributed by atoms with van der Waals surface area (Å²) in [6.45, 7) is 2.39. The molecule has 2 rings (SSSR count). The first-order chi connectivity index (χ1) is 9.55. The highest BCUT2D eigenvalue weighted by atomic mass is 35.5. The Morgan fingerprint density at radius 1 is 1.35 bits per heavy atom. The number of nitriles is 2. The lowest BCUT2D eigenvalue weighted by molar-refractivity contribution is 0.540. The fourth-order valence-corrected chi connectivity index (χ4v) is 2.08. The van der Waals surface area contributed by atoms with Crippen LogP contribution in [-0.2, 0) is 6.54 Å². The molecule has 1 atom stereocenters. The highest BCUT2D eigenvalue weighted by Gasteiger charge is 2.13. The summed E-state index contributed by atoms with van der Waals surface area (Å²) >= 11 is 6.01. The molecule has 0 amide bonds. The van der Waals surface area contributed by atoms with Gasteiger partial charge in [0.2, 0.25) is 0 Å². The Balaban J connectivity index is 2.47. The summed E-state index contributed by atoms with van der Waals surface area (Å²) in [6.07, 6.45) is 1.66. The average Bonchev–Trinajstić information content (AvgIpc) is 2.80. The van der Waals surface area contributed by atoms with E-state index in [1.54, 1.807) is 29.1 Å². The van der Waals surface area contributed by atoms with Crippen LogP contribution in [0.3, 0.4) is 0 Å². The van der Waals surface area contributed by atoms with Gasteiger partial charge in [0.05, 0.1) is 22.7 Å². The monoisotopic (exact) mass is 285 g/mol. The van der Waals surface area contributed by atoms with Crippen LogP contribution in [-0.4, -0.2) is 15.8 Å². The van der Waals surface area contributed by atoms with Crippen molar-refractivity contribution < 1.29 is 0 Å². The summed E-state index contributed by atoms with van der Waals surface area (Å²) in [7, 11) is 0. The van der Waals surface area contributed by atoms with Crippen LogP contribution in [0.5, 0.6) is 0 Å². The standard InChI is InChI=1S/C14H12ClN5/c1-9(18)7-20-8-12(6-17)14(19-20)10-2-3-11(5-16)13(15)4-10/h2-4,8-9H,7,18H2,1H3. The summed E-state index contributed by atoms with van der Waals surface area (Å²) in [5.74, 6) is 0. The van der Waals surface area contributed by atoms with Crippen molar-refractivity contribution in [1.29, 1.82) is 10.5 Å². The maximum absolute atomic E-state index is 9.18. The molecule has 0 aliphatic rings. The van der Waals surface area contributed by atoms with Gasteiger partial charge in [-0.3, -0.25) is 4.68 Å². The van der Waals surface area contributed by atoms with E-state index in [1.165, 1.54) is 0 Å². The summed E-state index contributed by atoms with van der Waals surface area (Å²) in [5, 5.41) is 22.7. The van der Waals surface area contributed by atoms with Gasteiger partial charge < -0.3 is 5.73 Å². The predicted octanol–water partition coefficient (Wildman–Crippen LogP) is 2.29. The molecule has 6 heteroatoms. The number of hydrogen-bond acceptors (Lipinski definition) is 4. The lowest BCUT2D eigenvalue weighted by Gasteiger charge is -2.04. The van der Waals surface area contributed by atoms with E-state index in [0.29, 0.717) is 34.0 Å². The second-order valence-electron chi connectivity index (χ2n) is 4.51. The maximum Gasteiger partial charge on any atom is 0.110 e. The number of benzene rings is 1. The molecule has 2 aromatic rings. The van der Waals surface area contributed by atoms with Crippen molar-refractivity contribution in [3.8, 4) is 23.4 Å². The van der Waals surface area contributed by atoms with E-state index >= 15 is 0 Å². The number of nitrogens with two attached hydrogens (primary N) is 1. The summed E-state index contributed by atoms with van der Waals surface area (Å²) in [4.78, 5) is 0. The summed E-state index contributed by atoms with van der Waals surface area (Å²) in [6, 6.07) is 9.02. The first kappa shape index (κ1) is 14.1. The minimum absolute atomic E-state index is 0.0566. The highest BCUT2D eigenvalue weighted by molar-refractivity contribution is 6.32. The minimum Gasteiger partial charge on any atom is -0.326 e. The minimum atomic E-state index is -0.0566. The Morgan fingerprint density at radius 3 is 2.60 bits per heavy atom. The van der Waals surface area contributed by atoms with Crippen LogP contribution in [0.15, 0.2) is 24.4 Å². The Hall–Kier alpha value is -2.34. The molecule has 1 heterocycles. The Kier molecular flexibility index (Phi) is 4.05. The second-order valence-corrected chi connectivity index (χ2v) is 4.92. The Bertz CT molecular complexity index is 718. The fraction of sp³-hybridized carbons (Fsp3) is 0.214. The van der Waals surface area contributed by atoms with Crippen LogP contribution in [0.2, 0.25) is 5.02 Å². The van der Waals surface area contributed by atoms with Crippen LogP contribution in [0.1, 0.15) is 18.1 Å². The molecule has 20 heavy (non-hydrogen) atoms. The van der Waals surface area contributed by atoms with E-state index in [2.05, 4.69) is 11.2 Å². The van der Waals surface area contributed by atoms with Gasteiger partial charge in [-0.05, 0) is 19.1 Å². The van der Waals surface area contributed by atoms with Crippen LogP contribution >= 0.6 is 11.6 Å². The molecule has 100 valence electrons. The van der Waals surface area contributed by atoms with E-state index in [0.717, 1.165) is 0 Å². The fourth-order valence-electron chi connectivity index (χ4n) is 1.86. The molecule has 0 aliphatic carbocycles. The van der Waals surface area contributed by atoms with E-state index in [-0.39, 0.29) is 6.04 Å². The van der Waals surface area contributed by atoms with Crippen molar-refractivity contribution in [2.75, 3.05) is 0 Å². The van der Waals surface area contributed by atoms with Crippen molar-refractivity contribution >= 4 is 11.6 Å². The zero-order chi connectivity index (χ0) is 14.7. The Labute approximate surface area is 121 Å². The summed E-state index contributed by atoms with van der Waals surface area (Å²) < 4.78 is 1.64. The maximum atomic E-state index is 9.18. The molecule has 0 aliphatic heterocycles. The van der Waals surface area contributed by atoms with Crippen LogP contribution in [0, 0.1) is 22.7 Å². The van der Waals surface area contributed by atoms with Gasteiger partial charge in [-0.25, -0.2) is 0 Å². The third-order valence-electron chi connectivity index (χ3n) is 2.72. The number of aromatic nitrogens is 2. The predicted molar refractivity (Wildman–Crippen MR) is 75.8 cm³/mol. The molecule has 0 saturated carbocycles. The van der Waals surface area contributed by atoms with Crippen molar-refractivity contribution in [3.63, 3.8) is 0 Å². The molecule has 2 N–H and O–H groups in total. The van der Waals surface area contributed by atoms with Crippen molar-refractivity contribution in [1.82, 2.24) is 9.78 Å². The number of hydrogen-bond donors (Lipinski definition) is 1. The van der Waals surface area contributed by atoms with Crippen LogP contribution in [0.4, 0.5) is 0 Å². The summed E-state index contributed by atoms with van der Waals surface area (Å²) in [5.41, 5.74) is 7.81. The molecular weight excluding hydrogens is 274 g/mol. The third-order valence-corrected chi connectivity index (χ3v) is 3.03. The third kappa shape index (κ3) is 2.80. The van der Waals surface area contributed by atoms with Crippen molar-refractivity contribution in [2.24, 2.45) is 5.73 Å². The van der Waals surface area contributed by atoms with Gasteiger partial charge in [-0.15, -0.1) is 0 Å². The first-order valence-corrected chi connectivity index (χ1v) is 6.36. The number of halogens is 1. The quantitative estimate of drug-likeness (QED) is 0.936. The number of nitrogens with zero attached hydrogens (tertiary/aromatic N) is 4. The zero-order valence-electron chi connectivity index (χ0n) is 10.8. The second kappa shape index (κ2) is 5.75. The van der Waals surface area contributed by atoms with Gasteiger partial charge in [0, 0.05) is 17.8 Å². The first-order valence-electron chi connectivity index (χ1n) is 5.98. The van der Waals surface area contributed by atoms with Gasteiger partial charge in [0.1, 0.15) is 17.8 Å². The van der Waals surface area contributed by atoms with Gasteiger partial charge in [0.15, 0.2) is 0 Å². The molecule has 1 aromatic heterocycles. The van der Waals surface area contributed by atoms with E-state index in [1.807, 2.05) is 13.0 Å². The molecule has 0 spiro atoms. The molecule has 0 radical (unpaired) electrons. The van der Waals surface area contributed by atoms with E-state index < -0.39 is 0 Å². The average molecular weight is 286 g/mol. The SMILES string of the molecule is CC(N)Cn1cc(C#N)c(-c2ccc(C#N)c(Cl)c2)n1. The lowest BCUT2D eigenvalue weighted by atomic mass is 10.1. The molecule has 5 nitrogen and oxygen atoms in total. The van der Waals surface area contributed by atoms with Gasteiger partial charge >= 0.3 is 0 Å². The molecule has 1 aromatic carbocycles. The van der Waals surface area contributed by atoms with Gasteiger partial charge in [-0.1, -0.05) is 17.7 Å². The van der Waals surface area contributed by atoms with Gasteiger partial charge in [-0.2, -0.15) is 15.6 Å². The van der Waals surface area contributed by atoms with Crippen LogP contribution in [0.25, 0.3) is 11.3 Å². The number of rotatable bonds is 3. The smallest absolute Gasteiger partial charge is 0.110 e. The highest BCUT2D eigenvalue weighted by Crippen LogP contribution is 2.26. The van der Waals surface area contributed by atoms with E-state index in [4.69, 9.17) is 22.6 Å². The van der Waals surface area contributed by atoms with E-state index in [9.17, 15) is 5.26 Å². The van der Waals surface area contributed by atoms with Crippen LogP contribution < -0.4 is 5.73 Å². The largest absolute Gasteiger partial charge is 0.326 e. The normalized spacial score (nSPS) is 11.7. The van der Waals surface area contributed by atoms with Gasteiger partial charge in [0.25, 0.3) is 0 Å².